The van der Waals surface area contributed by atoms with Gasteiger partial charge in [-0.3, -0.25) is 9.69 Å². The Balaban J connectivity index is 1.47. The molecule has 0 spiro atoms. The number of halogens is 5. The quantitative estimate of drug-likeness (QED) is 0.161. The lowest BCUT2D eigenvalue weighted by molar-refractivity contribution is -0.153. The van der Waals surface area contributed by atoms with E-state index in [0.717, 1.165) is 28.1 Å². The van der Waals surface area contributed by atoms with Gasteiger partial charge in [0.05, 0.1) is 12.0 Å². The van der Waals surface area contributed by atoms with Crippen molar-refractivity contribution in [1.29, 1.82) is 0 Å². The molecule has 5 aromatic rings. The van der Waals surface area contributed by atoms with Gasteiger partial charge in [0.2, 0.25) is 5.76 Å². The molecule has 4 nitrogen and oxygen atoms in total. The summed E-state index contributed by atoms with van der Waals surface area (Å²) < 4.78 is 73.1. The van der Waals surface area contributed by atoms with Gasteiger partial charge in [-0.2, -0.15) is 13.2 Å². The molecule has 1 N–H and O–H groups in total. The fourth-order valence-corrected chi connectivity index (χ4v) is 5.23. The minimum absolute atomic E-state index is 0.0388. The summed E-state index contributed by atoms with van der Waals surface area (Å²) in [5.41, 5.74) is 2.31. The number of nitrogens with zero attached hydrogens (tertiary/aromatic N) is 1. The predicted octanol–water partition coefficient (Wildman–Crippen LogP) is 9.62. The molecule has 0 saturated heterocycles. The van der Waals surface area contributed by atoms with E-state index in [1.54, 1.807) is 49.1 Å². The molecule has 228 valence electrons. The lowest BCUT2D eigenvalue weighted by Crippen LogP contribution is -2.28. The third-order valence-corrected chi connectivity index (χ3v) is 7.83. The van der Waals surface area contributed by atoms with Crippen molar-refractivity contribution in [3.05, 3.63) is 131 Å². The van der Waals surface area contributed by atoms with Crippen LogP contribution in [0.1, 0.15) is 54.0 Å². The Bertz CT molecular complexity index is 1770. The van der Waals surface area contributed by atoms with E-state index in [0.29, 0.717) is 16.5 Å². The highest BCUT2D eigenvalue weighted by atomic mass is 19.4. The van der Waals surface area contributed by atoms with Gasteiger partial charge in [0.1, 0.15) is 5.76 Å². The Morgan fingerprint density at radius 3 is 2.20 bits per heavy atom. The molecule has 0 aliphatic heterocycles. The van der Waals surface area contributed by atoms with E-state index >= 15 is 0 Å². The summed E-state index contributed by atoms with van der Waals surface area (Å²) in [4.78, 5) is 13.5. The summed E-state index contributed by atoms with van der Waals surface area (Å²) in [7, 11) is 0. The minimum Gasteiger partial charge on any atom is -0.481 e. The number of rotatable bonds is 10. The average molecular weight is 608 g/mol. The third-order valence-electron chi connectivity index (χ3n) is 7.83. The summed E-state index contributed by atoms with van der Waals surface area (Å²) in [6.45, 7) is 3.50. The molecule has 5 rings (SSSR count). The van der Waals surface area contributed by atoms with Gasteiger partial charge in [-0.05, 0) is 64.6 Å². The molecule has 0 saturated carbocycles. The Morgan fingerprint density at radius 1 is 0.818 bits per heavy atom. The molecule has 0 amide bonds. The van der Waals surface area contributed by atoms with Crippen LogP contribution in [0.5, 0.6) is 0 Å². The Hall–Kier alpha value is -4.50. The van der Waals surface area contributed by atoms with Crippen LogP contribution in [0.4, 0.5) is 22.0 Å². The topological polar surface area (TPSA) is 53.7 Å². The Morgan fingerprint density at radius 2 is 1.55 bits per heavy atom. The minimum atomic E-state index is -4.64. The number of aliphatic carboxylic acids is 1. The van der Waals surface area contributed by atoms with Crippen LogP contribution in [0.3, 0.4) is 0 Å². The van der Waals surface area contributed by atoms with E-state index in [2.05, 4.69) is 0 Å². The zero-order valence-corrected chi connectivity index (χ0v) is 24.0. The molecule has 0 aliphatic rings. The maximum absolute atomic E-state index is 14.2. The van der Waals surface area contributed by atoms with Crippen molar-refractivity contribution < 1.29 is 36.3 Å². The number of carbonyl (C=O) groups is 1. The molecule has 9 heteroatoms. The highest BCUT2D eigenvalue weighted by Gasteiger charge is 2.35. The summed E-state index contributed by atoms with van der Waals surface area (Å²) in [5, 5.41) is 11.0. The zero-order valence-electron chi connectivity index (χ0n) is 24.0. The van der Waals surface area contributed by atoms with Crippen LogP contribution >= 0.6 is 0 Å². The number of hydrogen-bond donors (Lipinski definition) is 1. The molecular formula is C35H30F5NO3. The second-order valence-electron chi connectivity index (χ2n) is 11.3. The van der Waals surface area contributed by atoms with E-state index in [4.69, 9.17) is 4.42 Å². The number of carboxylic acids is 1. The van der Waals surface area contributed by atoms with Gasteiger partial charge in [0, 0.05) is 18.7 Å². The van der Waals surface area contributed by atoms with Crippen molar-refractivity contribution in [2.45, 2.75) is 51.5 Å². The number of carboxylic acid groups (broad SMARTS) is 1. The second kappa shape index (κ2) is 12.2. The fourth-order valence-electron chi connectivity index (χ4n) is 5.23. The van der Waals surface area contributed by atoms with Crippen molar-refractivity contribution in [2.75, 3.05) is 0 Å². The molecule has 4 aromatic carbocycles. The predicted molar refractivity (Wildman–Crippen MR) is 158 cm³/mol. The first-order chi connectivity index (χ1) is 20.8. The molecule has 1 heterocycles. The van der Waals surface area contributed by atoms with E-state index in [1.165, 1.54) is 12.1 Å². The Kier molecular flexibility index (Phi) is 8.61. The van der Waals surface area contributed by atoms with E-state index in [1.807, 2.05) is 48.5 Å². The van der Waals surface area contributed by atoms with Crippen LogP contribution in [0.25, 0.3) is 21.9 Å². The van der Waals surface area contributed by atoms with Gasteiger partial charge in [-0.15, -0.1) is 0 Å². The van der Waals surface area contributed by atoms with Crippen molar-refractivity contribution in [2.24, 2.45) is 0 Å². The maximum atomic E-state index is 14.2. The molecule has 1 aromatic heterocycles. The van der Waals surface area contributed by atoms with Crippen LogP contribution in [0.15, 0.2) is 101 Å². The highest BCUT2D eigenvalue weighted by Crippen LogP contribution is 2.34. The average Bonchev–Trinajstić information content (AvgIpc) is 3.47. The van der Waals surface area contributed by atoms with Crippen LogP contribution in [0, 0.1) is 0 Å². The summed E-state index contributed by atoms with van der Waals surface area (Å²) in [6, 6.07) is 27.0. The van der Waals surface area contributed by atoms with Crippen LogP contribution in [0.2, 0.25) is 0 Å². The molecule has 0 atom stereocenters. The van der Waals surface area contributed by atoms with Crippen molar-refractivity contribution in [3.8, 4) is 11.1 Å². The molecule has 0 bridgehead atoms. The van der Waals surface area contributed by atoms with Crippen LogP contribution in [-0.2, 0) is 36.0 Å². The Labute approximate surface area is 251 Å². The van der Waals surface area contributed by atoms with Gasteiger partial charge >= 0.3 is 12.1 Å². The molecule has 44 heavy (non-hydrogen) atoms. The molecule has 0 radical (unpaired) electrons. The van der Waals surface area contributed by atoms with E-state index in [-0.39, 0.29) is 31.0 Å². The lowest BCUT2D eigenvalue weighted by atomic mass is 9.83. The van der Waals surface area contributed by atoms with Crippen LogP contribution < -0.4 is 0 Å². The summed E-state index contributed by atoms with van der Waals surface area (Å²) in [5.74, 6) is -2.00. The fraction of sp³-hybridized carbons (Fsp3) is 0.229. The normalized spacial score (nSPS) is 12.4. The number of hydrogen-bond acceptors (Lipinski definition) is 3. The summed E-state index contributed by atoms with van der Waals surface area (Å²) in [6.07, 6.45) is -7.38. The first-order valence-corrected chi connectivity index (χ1v) is 13.9. The van der Waals surface area contributed by atoms with Gasteiger partial charge in [0.25, 0.3) is 6.43 Å². The van der Waals surface area contributed by atoms with Crippen molar-refractivity contribution >= 4 is 16.7 Å². The van der Waals surface area contributed by atoms with E-state index in [9.17, 15) is 31.9 Å². The number of furan rings is 1. The standard InChI is InChI=1S/C35H30F5NO3/c1-34(2,33(42)43)26-8-5-7-25(18-26)23-12-10-22(11-13-23)19-41(20-27-15-17-31(44-27)35(38,39)40)21-30-28-9-4-3-6-24(28)14-16-29(30)32(36)37/h3-18,32H,19-21H2,1-2H3,(H,42,43). The van der Waals surface area contributed by atoms with Gasteiger partial charge in [0.15, 0.2) is 0 Å². The van der Waals surface area contributed by atoms with E-state index < -0.39 is 29.7 Å². The molecular weight excluding hydrogens is 577 g/mol. The molecule has 0 aliphatic carbocycles. The number of fused-ring (bicyclic) bond motifs is 1. The first-order valence-electron chi connectivity index (χ1n) is 13.9. The van der Waals surface area contributed by atoms with Crippen LogP contribution in [-0.4, -0.2) is 16.0 Å². The lowest BCUT2D eigenvalue weighted by Gasteiger charge is -2.24. The largest absolute Gasteiger partial charge is 0.481 e. The third kappa shape index (κ3) is 6.68. The molecule has 0 fully saturated rings. The van der Waals surface area contributed by atoms with Crippen molar-refractivity contribution in [3.63, 3.8) is 0 Å². The smallest absolute Gasteiger partial charge is 0.449 e. The van der Waals surface area contributed by atoms with Crippen molar-refractivity contribution in [1.82, 2.24) is 4.90 Å². The first kappa shape index (κ1) is 30.9. The van der Waals surface area contributed by atoms with Gasteiger partial charge in [-0.25, -0.2) is 8.78 Å². The maximum Gasteiger partial charge on any atom is 0.449 e. The highest BCUT2D eigenvalue weighted by molar-refractivity contribution is 5.87. The monoisotopic (exact) mass is 607 g/mol. The number of alkyl halides is 5. The zero-order chi connectivity index (χ0) is 31.6. The summed E-state index contributed by atoms with van der Waals surface area (Å²) >= 11 is 0. The van der Waals surface area contributed by atoms with Gasteiger partial charge in [-0.1, -0.05) is 84.9 Å². The molecule has 0 unspecified atom stereocenters. The second-order valence-corrected chi connectivity index (χ2v) is 11.3. The van der Waals surface area contributed by atoms with Gasteiger partial charge < -0.3 is 9.52 Å². The number of benzene rings is 4. The SMILES string of the molecule is CC(C)(C(=O)O)c1cccc(-c2ccc(CN(Cc3ccc(C(F)(F)F)o3)Cc3c(C(F)F)ccc4ccccc34)cc2)c1.